The molecule has 2 aliphatic rings. The molecule has 0 atom stereocenters. The lowest BCUT2D eigenvalue weighted by molar-refractivity contribution is 0.330. The van der Waals surface area contributed by atoms with Crippen LogP contribution in [-0.2, 0) is 0 Å². The molecule has 7 heteroatoms. The van der Waals surface area contributed by atoms with Gasteiger partial charge in [0.2, 0.25) is 5.95 Å². The van der Waals surface area contributed by atoms with Crippen molar-refractivity contribution in [2.45, 2.75) is 44.6 Å². The molecule has 6 nitrogen and oxygen atoms in total. The number of hydrogen-bond acceptors (Lipinski definition) is 5. The summed E-state index contributed by atoms with van der Waals surface area (Å²) in [7, 11) is 0. The van der Waals surface area contributed by atoms with E-state index in [1.165, 1.54) is 31.4 Å². The molecule has 2 aromatic heterocycles. The van der Waals surface area contributed by atoms with Gasteiger partial charge in [-0.15, -0.1) is 0 Å². The fraction of sp³-hybridized carbons (Fsp3) is 0.320. The van der Waals surface area contributed by atoms with E-state index >= 15 is 0 Å². The van der Waals surface area contributed by atoms with Crippen LogP contribution in [0.3, 0.4) is 0 Å². The van der Waals surface area contributed by atoms with Gasteiger partial charge in [-0.1, -0.05) is 25.3 Å². The third-order valence-electron chi connectivity index (χ3n) is 6.06. The van der Waals surface area contributed by atoms with E-state index in [1.807, 2.05) is 29.0 Å². The zero-order valence-corrected chi connectivity index (χ0v) is 17.8. The Bertz CT molecular complexity index is 1160. The predicted octanol–water partition coefficient (Wildman–Crippen LogP) is 5.14. The minimum atomic E-state index is -0.292. The number of rotatable bonds is 5. The van der Waals surface area contributed by atoms with Crippen molar-refractivity contribution >= 4 is 18.2 Å². The lowest BCUT2D eigenvalue weighted by Crippen LogP contribution is -2.23. The summed E-state index contributed by atoms with van der Waals surface area (Å²) in [5, 5.41) is 13.2. The molecule has 32 heavy (non-hydrogen) atoms. The number of fused-ring (bicyclic) bond motifs is 1. The standard InChI is InChI=1S/C25H26FN5O/c26-19-10-8-18(9-11-19)23-24(31-14-4-5-17(16-32)15-22(31)30-23)21-12-13-27-25(29-21)28-20-6-2-1-3-7-20/h4,8-15,20,32H,1-3,5-7,16H2,(H,27,28,29). The largest absolute Gasteiger partial charge is 0.392 e. The lowest BCUT2D eigenvalue weighted by Gasteiger charge is -2.22. The van der Waals surface area contributed by atoms with Gasteiger partial charge in [0, 0.05) is 24.0 Å². The number of hydrogen-bond donors (Lipinski definition) is 2. The number of aromatic nitrogens is 4. The van der Waals surface area contributed by atoms with Crippen LogP contribution in [0.25, 0.3) is 34.9 Å². The molecule has 0 saturated heterocycles. The average Bonchev–Trinajstić information content (AvgIpc) is 3.05. The number of benzene rings is 1. The van der Waals surface area contributed by atoms with Gasteiger partial charge >= 0.3 is 0 Å². The zero-order chi connectivity index (χ0) is 21.9. The van der Waals surface area contributed by atoms with E-state index in [2.05, 4.69) is 10.3 Å². The Kier molecular flexibility index (Phi) is 5.81. The van der Waals surface area contributed by atoms with E-state index in [1.54, 1.807) is 18.3 Å². The number of aliphatic hydroxyl groups excluding tert-OH is 1. The second-order valence-electron chi connectivity index (χ2n) is 8.34. The lowest BCUT2D eigenvalue weighted by atomic mass is 9.96. The summed E-state index contributed by atoms with van der Waals surface area (Å²) in [6.07, 6.45) is 14.3. The van der Waals surface area contributed by atoms with Crippen LogP contribution in [0.2, 0.25) is 0 Å². The van der Waals surface area contributed by atoms with Gasteiger partial charge < -0.3 is 10.4 Å². The molecule has 0 spiro atoms. The SMILES string of the molecule is OCC1=Cc2nc(-c3ccc(F)cc3)c(-c3ccnc(NC4CCCCC4)n3)n2C=CC1. The summed E-state index contributed by atoms with van der Waals surface area (Å²) in [5.74, 6) is 1.02. The number of nitrogens with one attached hydrogen (secondary N) is 1. The van der Waals surface area contributed by atoms with Gasteiger partial charge in [0.05, 0.1) is 23.7 Å². The smallest absolute Gasteiger partial charge is 0.223 e. The van der Waals surface area contributed by atoms with Gasteiger partial charge in [0.15, 0.2) is 0 Å². The molecule has 3 heterocycles. The van der Waals surface area contributed by atoms with Crippen LogP contribution >= 0.6 is 0 Å². The van der Waals surface area contributed by atoms with E-state index in [0.29, 0.717) is 29.9 Å². The highest BCUT2D eigenvalue weighted by Gasteiger charge is 2.22. The highest BCUT2D eigenvalue weighted by molar-refractivity contribution is 5.81. The van der Waals surface area contributed by atoms with Crippen molar-refractivity contribution in [3.05, 3.63) is 59.8 Å². The normalized spacial score (nSPS) is 16.4. The van der Waals surface area contributed by atoms with Crippen molar-refractivity contribution in [1.29, 1.82) is 0 Å². The van der Waals surface area contributed by atoms with E-state index in [9.17, 15) is 9.50 Å². The van der Waals surface area contributed by atoms with E-state index < -0.39 is 0 Å². The maximum Gasteiger partial charge on any atom is 0.223 e. The minimum Gasteiger partial charge on any atom is -0.392 e. The first kappa shape index (κ1) is 20.6. The number of aliphatic hydroxyl groups is 1. The molecule has 0 bridgehead atoms. The van der Waals surface area contributed by atoms with Crippen molar-refractivity contribution < 1.29 is 9.50 Å². The molecular formula is C25H26FN5O. The topological polar surface area (TPSA) is 75.9 Å². The summed E-state index contributed by atoms with van der Waals surface area (Å²) in [6, 6.07) is 8.59. The van der Waals surface area contributed by atoms with Crippen molar-refractivity contribution in [1.82, 2.24) is 19.5 Å². The third kappa shape index (κ3) is 4.21. The van der Waals surface area contributed by atoms with Crippen LogP contribution < -0.4 is 5.32 Å². The number of halogens is 1. The summed E-state index contributed by atoms with van der Waals surface area (Å²) in [6.45, 7) is -0.0264. The molecule has 0 unspecified atom stereocenters. The predicted molar refractivity (Wildman–Crippen MR) is 124 cm³/mol. The number of nitrogens with zero attached hydrogens (tertiary/aromatic N) is 4. The van der Waals surface area contributed by atoms with Crippen LogP contribution in [0, 0.1) is 5.82 Å². The van der Waals surface area contributed by atoms with Crippen molar-refractivity contribution in [3.8, 4) is 22.6 Å². The first-order valence-corrected chi connectivity index (χ1v) is 11.2. The summed E-state index contributed by atoms with van der Waals surface area (Å²) >= 11 is 0. The summed E-state index contributed by atoms with van der Waals surface area (Å²) in [5.41, 5.74) is 3.94. The molecule has 164 valence electrons. The minimum absolute atomic E-state index is 0.0264. The molecule has 3 aromatic rings. The van der Waals surface area contributed by atoms with Crippen molar-refractivity contribution in [2.75, 3.05) is 11.9 Å². The molecular weight excluding hydrogens is 405 g/mol. The first-order valence-electron chi connectivity index (χ1n) is 11.2. The van der Waals surface area contributed by atoms with Gasteiger partial charge in [0.1, 0.15) is 11.6 Å². The Morgan fingerprint density at radius 1 is 1.06 bits per heavy atom. The Morgan fingerprint density at radius 2 is 1.88 bits per heavy atom. The van der Waals surface area contributed by atoms with Crippen LogP contribution in [0.5, 0.6) is 0 Å². The molecule has 1 aromatic carbocycles. The molecule has 0 amide bonds. The van der Waals surface area contributed by atoms with Gasteiger partial charge in [-0.05, 0) is 61.2 Å². The molecule has 1 aliphatic carbocycles. The second-order valence-corrected chi connectivity index (χ2v) is 8.34. The number of anilines is 1. The maximum absolute atomic E-state index is 13.6. The molecule has 0 radical (unpaired) electrons. The van der Waals surface area contributed by atoms with E-state index in [4.69, 9.17) is 9.97 Å². The average molecular weight is 432 g/mol. The summed E-state index contributed by atoms with van der Waals surface area (Å²) < 4.78 is 15.6. The number of allylic oxidation sites excluding steroid dienone is 1. The van der Waals surface area contributed by atoms with Gasteiger partial charge in [-0.25, -0.2) is 19.3 Å². The Labute approximate surface area is 186 Å². The van der Waals surface area contributed by atoms with Crippen LogP contribution in [0.15, 0.2) is 48.2 Å². The zero-order valence-electron chi connectivity index (χ0n) is 17.8. The van der Waals surface area contributed by atoms with E-state index in [0.717, 1.165) is 35.4 Å². The maximum atomic E-state index is 13.6. The third-order valence-corrected chi connectivity index (χ3v) is 6.06. The van der Waals surface area contributed by atoms with Crippen LogP contribution in [0.1, 0.15) is 44.3 Å². The summed E-state index contributed by atoms with van der Waals surface area (Å²) in [4.78, 5) is 14.1. The molecule has 1 saturated carbocycles. The second kappa shape index (κ2) is 9.04. The monoisotopic (exact) mass is 431 g/mol. The Hall–Kier alpha value is -3.32. The highest BCUT2D eigenvalue weighted by atomic mass is 19.1. The van der Waals surface area contributed by atoms with E-state index in [-0.39, 0.29) is 12.4 Å². The highest BCUT2D eigenvalue weighted by Crippen LogP contribution is 2.34. The Balaban J connectivity index is 1.61. The van der Waals surface area contributed by atoms with Crippen molar-refractivity contribution in [2.24, 2.45) is 0 Å². The fourth-order valence-corrected chi connectivity index (χ4v) is 4.41. The molecule has 2 N–H and O–H groups in total. The molecule has 1 aliphatic heterocycles. The molecule has 1 fully saturated rings. The van der Waals surface area contributed by atoms with Gasteiger partial charge in [-0.3, -0.25) is 4.57 Å². The molecule has 5 rings (SSSR count). The van der Waals surface area contributed by atoms with Crippen LogP contribution in [-0.4, -0.2) is 37.3 Å². The number of imidazole rings is 1. The Morgan fingerprint density at radius 3 is 2.66 bits per heavy atom. The quantitative estimate of drug-likeness (QED) is 0.585. The van der Waals surface area contributed by atoms with Crippen molar-refractivity contribution in [3.63, 3.8) is 0 Å². The van der Waals surface area contributed by atoms with Crippen LogP contribution in [0.4, 0.5) is 10.3 Å². The first-order chi connectivity index (χ1) is 15.7. The van der Waals surface area contributed by atoms with Gasteiger partial charge in [0.25, 0.3) is 0 Å². The van der Waals surface area contributed by atoms with Gasteiger partial charge in [-0.2, -0.15) is 0 Å². The fourth-order valence-electron chi connectivity index (χ4n) is 4.41.